The molecule has 1 aromatic heterocycles. The predicted molar refractivity (Wildman–Crippen MR) is 108 cm³/mol. The Morgan fingerprint density at radius 1 is 1.14 bits per heavy atom. The highest BCUT2D eigenvalue weighted by Crippen LogP contribution is 2.22. The average Bonchev–Trinajstić information content (AvgIpc) is 3.11. The van der Waals surface area contributed by atoms with Crippen LogP contribution < -0.4 is 10.1 Å². The molecule has 0 aliphatic rings. The predicted octanol–water partition coefficient (Wildman–Crippen LogP) is 3.47. The van der Waals surface area contributed by atoms with E-state index >= 15 is 0 Å². The van der Waals surface area contributed by atoms with Gasteiger partial charge in [0, 0.05) is 30.1 Å². The van der Waals surface area contributed by atoms with Crippen LogP contribution in [-0.2, 0) is 17.6 Å². The van der Waals surface area contributed by atoms with Crippen LogP contribution in [0, 0.1) is 6.92 Å². The van der Waals surface area contributed by atoms with E-state index in [1.165, 1.54) is 18.7 Å². The molecule has 3 N–H and O–H groups in total. The minimum atomic E-state index is -0.995. The van der Waals surface area contributed by atoms with E-state index in [0.29, 0.717) is 31.6 Å². The lowest BCUT2D eigenvalue weighted by atomic mass is 10.1. The van der Waals surface area contributed by atoms with Crippen LogP contribution in [0.3, 0.4) is 0 Å². The van der Waals surface area contributed by atoms with Crippen LogP contribution in [0.25, 0.3) is 10.9 Å². The lowest BCUT2D eigenvalue weighted by Crippen LogP contribution is -2.26. The van der Waals surface area contributed by atoms with E-state index in [-0.39, 0.29) is 11.5 Å². The molecule has 0 bridgehead atoms. The molecule has 1 amide bonds. The van der Waals surface area contributed by atoms with Gasteiger partial charge in [0.2, 0.25) is 5.91 Å². The first-order valence-corrected chi connectivity index (χ1v) is 9.22. The van der Waals surface area contributed by atoms with Gasteiger partial charge in [-0.15, -0.1) is 0 Å². The topological polar surface area (TPSA) is 91.4 Å². The number of carboxylic acids is 1. The van der Waals surface area contributed by atoms with Gasteiger partial charge in [-0.2, -0.15) is 0 Å². The zero-order valence-corrected chi connectivity index (χ0v) is 16.0. The molecule has 0 saturated carbocycles. The van der Waals surface area contributed by atoms with Crippen molar-refractivity contribution in [3.8, 4) is 5.75 Å². The summed E-state index contributed by atoms with van der Waals surface area (Å²) < 4.78 is 5.26. The number of methoxy groups -OCH3 is 1. The number of rotatable bonds is 8. The molecule has 146 valence electrons. The van der Waals surface area contributed by atoms with Gasteiger partial charge >= 0.3 is 5.97 Å². The number of carbonyl (C=O) groups excluding carboxylic acids is 1. The Bertz CT molecular complexity index is 1010. The third-order valence-corrected chi connectivity index (χ3v) is 4.88. The number of aryl methyl sites for hydroxylation is 2. The number of hydrogen-bond acceptors (Lipinski definition) is 3. The van der Waals surface area contributed by atoms with Crippen molar-refractivity contribution in [3.63, 3.8) is 0 Å². The molecule has 0 aliphatic heterocycles. The molecular weight excluding hydrogens is 356 g/mol. The first-order chi connectivity index (χ1) is 13.5. The van der Waals surface area contributed by atoms with Crippen LogP contribution in [0.15, 0.2) is 42.6 Å². The molecule has 0 atom stereocenters. The second-order valence-corrected chi connectivity index (χ2v) is 6.74. The molecule has 0 radical (unpaired) electrons. The van der Waals surface area contributed by atoms with E-state index in [0.717, 1.165) is 22.0 Å². The van der Waals surface area contributed by atoms with E-state index in [4.69, 9.17) is 9.84 Å². The Balaban J connectivity index is 1.52. The van der Waals surface area contributed by atoms with Crippen molar-refractivity contribution in [2.75, 3.05) is 13.7 Å². The van der Waals surface area contributed by atoms with Gasteiger partial charge in [0.25, 0.3) is 0 Å². The van der Waals surface area contributed by atoms with Crippen LogP contribution in [-0.4, -0.2) is 35.6 Å². The van der Waals surface area contributed by atoms with Crippen molar-refractivity contribution in [2.24, 2.45) is 0 Å². The van der Waals surface area contributed by atoms with Crippen molar-refractivity contribution in [1.82, 2.24) is 10.3 Å². The van der Waals surface area contributed by atoms with E-state index in [2.05, 4.69) is 29.4 Å². The molecule has 28 heavy (non-hydrogen) atoms. The number of hydrogen-bond donors (Lipinski definition) is 3. The fraction of sp³-hybridized carbons (Fsp3) is 0.273. The molecule has 0 unspecified atom stereocenters. The normalized spacial score (nSPS) is 10.8. The zero-order valence-electron chi connectivity index (χ0n) is 16.0. The number of para-hydroxylation sites is 1. The number of aromatic carboxylic acids is 1. The second-order valence-electron chi connectivity index (χ2n) is 6.74. The summed E-state index contributed by atoms with van der Waals surface area (Å²) in [5.74, 6) is -0.489. The SMILES string of the molecule is COc1cc(C(=O)O)ccc1CCNC(=O)CCc1c[nH]c2c(C)cccc12. The number of ether oxygens (including phenoxy) is 1. The van der Waals surface area contributed by atoms with Crippen LogP contribution >= 0.6 is 0 Å². The van der Waals surface area contributed by atoms with Gasteiger partial charge in [-0.05, 0) is 48.6 Å². The van der Waals surface area contributed by atoms with E-state index in [9.17, 15) is 9.59 Å². The highest BCUT2D eigenvalue weighted by molar-refractivity contribution is 5.88. The smallest absolute Gasteiger partial charge is 0.335 e. The molecule has 2 aromatic carbocycles. The molecule has 6 heteroatoms. The average molecular weight is 380 g/mol. The van der Waals surface area contributed by atoms with Gasteiger partial charge in [0.05, 0.1) is 12.7 Å². The highest BCUT2D eigenvalue weighted by atomic mass is 16.5. The zero-order chi connectivity index (χ0) is 20.1. The van der Waals surface area contributed by atoms with Gasteiger partial charge in [-0.3, -0.25) is 4.79 Å². The number of carboxylic acid groups (broad SMARTS) is 1. The summed E-state index contributed by atoms with van der Waals surface area (Å²) >= 11 is 0. The molecule has 6 nitrogen and oxygen atoms in total. The lowest BCUT2D eigenvalue weighted by molar-refractivity contribution is -0.121. The molecule has 3 rings (SSSR count). The van der Waals surface area contributed by atoms with Gasteiger partial charge in [0.1, 0.15) is 5.75 Å². The molecule has 0 aliphatic carbocycles. The minimum Gasteiger partial charge on any atom is -0.496 e. The maximum atomic E-state index is 12.2. The van der Waals surface area contributed by atoms with Gasteiger partial charge in [-0.25, -0.2) is 4.79 Å². The molecule has 0 fully saturated rings. The Hall–Kier alpha value is -3.28. The maximum absolute atomic E-state index is 12.2. The Morgan fingerprint density at radius 3 is 2.71 bits per heavy atom. The van der Waals surface area contributed by atoms with Crippen molar-refractivity contribution < 1.29 is 19.4 Å². The summed E-state index contributed by atoms with van der Waals surface area (Å²) in [6.07, 6.45) is 3.63. The Kier molecular flexibility index (Phi) is 5.99. The maximum Gasteiger partial charge on any atom is 0.335 e. The first kappa shape index (κ1) is 19.5. The van der Waals surface area contributed by atoms with Gasteiger partial charge in [-0.1, -0.05) is 24.3 Å². The second kappa shape index (κ2) is 8.61. The third-order valence-electron chi connectivity index (χ3n) is 4.88. The summed E-state index contributed by atoms with van der Waals surface area (Å²) in [6, 6.07) is 10.9. The van der Waals surface area contributed by atoms with Crippen molar-refractivity contribution in [2.45, 2.75) is 26.2 Å². The Labute approximate surface area is 163 Å². The third kappa shape index (κ3) is 4.34. The largest absolute Gasteiger partial charge is 0.496 e. The van der Waals surface area contributed by atoms with E-state index in [1.807, 2.05) is 12.3 Å². The number of fused-ring (bicyclic) bond motifs is 1. The lowest BCUT2D eigenvalue weighted by Gasteiger charge is -2.10. The van der Waals surface area contributed by atoms with Crippen LogP contribution in [0.2, 0.25) is 0 Å². The standard InChI is InChI=1S/C22H24N2O4/c1-14-4-3-5-18-17(13-24-21(14)18)8-9-20(25)23-11-10-15-6-7-16(22(26)27)12-19(15)28-2/h3-7,12-13,24H,8-11H2,1-2H3,(H,23,25)(H,26,27). The number of nitrogens with one attached hydrogen (secondary N) is 2. The summed E-state index contributed by atoms with van der Waals surface area (Å²) in [5.41, 5.74) is 4.49. The molecule has 0 saturated heterocycles. The van der Waals surface area contributed by atoms with Crippen molar-refractivity contribution in [3.05, 3.63) is 64.8 Å². The monoisotopic (exact) mass is 380 g/mol. The minimum absolute atomic E-state index is 0.0110. The van der Waals surface area contributed by atoms with Crippen LogP contribution in [0.5, 0.6) is 5.75 Å². The summed E-state index contributed by atoms with van der Waals surface area (Å²) in [5, 5.41) is 13.1. The highest BCUT2D eigenvalue weighted by Gasteiger charge is 2.11. The summed E-state index contributed by atoms with van der Waals surface area (Å²) in [6.45, 7) is 2.53. The fourth-order valence-corrected chi connectivity index (χ4v) is 3.33. The number of carbonyl (C=O) groups is 2. The van der Waals surface area contributed by atoms with E-state index in [1.54, 1.807) is 12.1 Å². The number of aromatic nitrogens is 1. The molecule has 0 spiro atoms. The van der Waals surface area contributed by atoms with E-state index < -0.39 is 5.97 Å². The Morgan fingerprint density at radius 2 is 1.96 bits per heavy atom. The molecule has 1 heterocycles. The summed E-state index contributed by atoms with van der Waals surface area (Å²) in [7, 11) is 1.51. The number of amides is 1. The quantitative estimate of drug-likeness (QED) is 0.558. The molecule has 3 aromatic rings. The van der Waals surface area contributed by atoms with Crippen molar-refractivity contribution in [1.29, 1.82) is 0 Å². The number of benzene rings is 2. The fourth-order valence-electron chi connectivity index (χ4n) is 3.33. The number of aromatic amines is 1. The molecular formula is C22H24N2O4. The van der Waals surface area contributed by atoms with Gasteiger partial charge in [0.15, 0.2) is 0 Å². The van der Waals surface area contributed by atoms with Crippen LogP contribution in [0.4, 0.5) is 0 Å². The van der Waals surface area contributed by atoms with Crippen LogP contribution in [0.1, 0.15) is 33.5 Å². The number of H-pyrrole nitrogens is 1. The summed E-state index contributed by atoms with van der Waals surface area (Å²) in [4.78, 5) is 26.5. The van der Waals surface area contributed by atoms with Crippen molar-refractivity contribution >= 4 is 22.8 Å². The van der Waals surface area contributed by atoms with Gasteiger partial charge < -0.3 is 20.1 Å². The first-order valence-electron chi connectivity index (χ1n) is 9.22.